The first-order valence-corrected chi connectivity index (χ1v) is 3.41. The lowest BCUT2D eigenvalue weighted by atomic mass is 10.4. The van der Waals surface area contributed by atoms with Crippen molar-refractivity contribution >= 4 is 6.34 Å². The van der Waals surface area contributed by atoms with Gasteiger partial charge in [0.15, 0.2) is 0 Å². The molecule has 0 aliphatic rings. The van der Waals surface area contributed by atoms with Gasteiger partial charge in [-0.3, -0.25) is 10.8 Å². The summed E-state index contributed by atoms with van der Waals surface area (Å²) in [6.07, 6.45) is 2.39. The molecule has 3 N–H and O–H groups in total. The van der Waals surface area contributed by atoms with Gasteiger partial charge in [0.05, 0.1) is 12.5 Å². The van der Waals surface area contributed by atoms with Crippen molar-refractivity contribution in [3.8, 4) is 0 Å². The highest BCUT2D eigenvalue weighted by molar-refractivity contribution is 5.49. The van der Waals surface area contributed by atoms with Crippen molar-refractivity contribution in [3.05, 3.63) is 0 Å². The van der Waals surface area contributed by atoms with Crippen LogP contribution < -0.4 is 10.7 Å². The number of hydrogen-bond acceptors (Lipinski definition) is 3. The molecule has 4 nitrogen and oxygen atoms in total. The summed E-state index contributed by atoms with van der Waals surface area (Å²) in [5.74, 6) is 0. The molecule has 0 aliphatic heterocycles. The van der Waals surface area contributed by atoms with Gasteiger partial charge in [0.2, 0.25) is 0 Å². The average molecular weight is 144 g/mol. The number of nitrogens with one attached hydrogen (secondary N) is 3. The molecule has 0 amide bonds. The summed E-state index contributed by atoms with van der Waals surface area (Å²) in [5, 5.41) is 11.6. The molecule has 0 aromatic rings. The quantitative estimate of drug-likeness (QED) is 0.220. The predicted molar refractivity (Wildman–Crippen MR) is 42.8 cm³/mol. The minimum Gasteiger partial charge on any atom is -0.360 e. The van der Waals surface area contributed by atoms with Crippen LogP contribution in [-0.2, 0) is 0 Å². The molecule has 1 atom stereocenters. The van der Waals surface area contributed by atoms with Gasteiger partial charge in [-0.15, -0.1) is 0 Å². The zero-order valence-electron chi connectivity index (χ0n) is 6.81. The summed E-state index contributed by atoms with van der Waals surface area (Å²) in [4.78, 5) is 0. The van der Waals surface area contributed by atoms with Gasteiger partial charge in [0.1, 0.15) is 0 Å². The van der Waals surface area contributed by atoms with Crippen molar-refractivity contribution in [2.75, 3.05) is 14.1 Å². The van der Waals surface area contributed by atoms with E-state index in [0.717, 1.165) is 6.42 Å². The van der Waals surface area contributed by atoms with Crippen LogP contribution in [0.2, 0.25) is 0 Å². The lowest BCUT2D eigenvalue weighted by Crippen LogP contribution is -2.48. The monoisotopic (exact) mass is 144 g/mol. The molecule has 0 aliphatic carbocycles. The molecule has 0 aromatic heterocycles. The van der Waals surface area contributed by atoms with E-state index in [1.165, 1.54) is 6.34 Å². The molecule has 0 heterocycles. The SMILES string of the molecule is CCC(NC=N)N(C)NC. The summed E-state index contributed by atoms with van der Waals surface area (Å²) in [5.41, 5.74) is 2.97. The first kappa shape index (κ1) is 9.39. The van der Waals surface area contributed by atoms with Crippen LogP contribution in [0.3, 0.4) is 0 Å². The zero-order chi connectivity index (χ0) is 7.98. The smallest absolute Gasteiger partial charge is 0.0925 e. The molecule has 0 aromatic carbocycles. The molecule has 60 valence electrons. The van der Waals surface area contributed by atoms with E-state index >= 15 is 0 Å². The standard InChI is InChI=1S/C6H16N4/c1-4-6(9-5-7)10(3)8-2/h5-6,8H,4H2,1-3H3,(H2,7,9). The van der Waals surface area contributed by atoms with Crippen LogP contribution in [0.1, 0.15) is 13.3 Å². The third-order valence-corrected chi connectivity index (χ3v) is 1.48. The maximum atomic E-state index is 6.81. The minimum atomic E-state index is 0.211. The van der Waals surface area contributed by atoms with E-state index in [0.29, 0.717) is 0 Å². The molecule has 0 saturated carbocycles. The zero-order valence-corrected chi connectivity index (χ0v) is 6.81. The fraction of sp³-hybridized carbons (Fsp3) is 0.833. The second-order valence-electron chi connectivity index (χ2n) is 2.07. The van der Waals surface area contributed by atoms with Crippen LogP contribution >= 0.6 is 0 Å². The second-order valence-corrected chi connectivity index (χ2v) is 2.07. The molecule has 0 fully saturated rings. The van der Waals surface area contributed by atoms with Crippen LogP contribution in [-0.4, -0.2) is 31.6 Å². The van der Waals surface area contributed by atoms with Gasteiger partial charge in [0, 0.05) is 7.05 Å². The summed E-state index contributed by atoms with van der Waals surface area (Å²) in [6, 6.07) is 0. The fourth-order valence-electron chi connectivity index (χ4n) is 0.756. The van der Waals surface area contributed by atoms with Crippen molar-refractivity contribution in [2.24, 2.45) is 0 Å². The number of hydrogen-bond donors (Lipinski definition) is 3. The molecule has 10 heavy (non-hydrogen) atoms. The Bertz CT molecular complexity index is 93.7. The van der Waals surface area contributed by atoms with Crippen molar-refractivity contribution < 1.29 is 0 Å². The number of rotatable bonds is 5. The Morgan fingerprint density at radius 3 is 2.60 bits per heavy atom. The van der Waals surface area contributed by atoms with E-state index in [4.69, 9.17) is 5.41 Å². The number of nitrogens with zero attached hydrogens (tertiary/aromatic N) is 1. The molecular formula is C6H16N4. The molecular weight excluding hydrogens is 128 g/mol. The van der Waals surface area contributed by atoms with Crippen LogP contribution in [0, 0.1) is 5.41 Å². The molecule has 4 heteroatoms. The van der Waals surface area contributed by atoms with E-state index in [1.54, 1.807) is 0 Å². The predicted octanol–water partition coefficient (Wildman–Crippen LogP) is -0.0146. The average Bonchev–Trinajstić information content (AvgIpc) is 1.99. The van der Waals surface area contributed by atoms with E-state index in [-0.39, 0.29) is 6.17 Å². The number of hydrazine groups is 1. The molecule has 0 radical (unpaired) electrons. The molecule has 0 rings (SSSR count). The normalized spacial score (nSPS) is 13.2. The highest BCUT2D eigenvalue weighted by Crippen LogP contribution is 1.91. The Morgan fingerprint density at radius 2 is 2.30 bits per heavy atom. The van der Waals surface area contributed by atoms with Gasteiger partial charge in [-0.1, -0.05) is 6.92 Å². The third kappa shape index (κ3) is 2.80. The molecule has 1 unspecified atom stereocenters. The topological polar surface area (TPSA) is 51.2 Å². The molecule has 0 bridgehead atoms. The van der Waals surface area contributed by atoms with Crippen molar-refractivity contribution in [2.45, 2.75) is 19.5 Å². The lowest BCUT2D eigenvalue weighted by molar-refractivity contribution is 0.165. The Kier molecular flexibility index (Phi) is 4.88. The summed E-state index contributed by atoms with van der Waals surface area (Å²) in [6.45, 7) is 2.06. The van der Waals surface area contributed by atoms with Gasteiger partial charge in [0.25, 0.3) is 0 Å². The van der Waals surface area contributed by atoms with Crippen molar-refractivity contribution in [3.63, 3.8) is 0 Å². The Balaban J connectivity index is 3.67. The van der Waals surface area contributed by atoms with E-state index in [1.807, 2.05) is 19.1 Å². The highest BCUT2D eigenvalue weighted by Gasteiger charge is 2.06. The van der Waals surface area contributed by atoms with E-state index in [9.17, 15) is 0 Å². The van der Waals surface area contributed by atoms with Gasteiger partial charge in [-0.05, 0) is 13.5 Å². The van der Waals surface area contributed by atoms with Gasteiger partial charge in [-0.2, -0.15) is 0 Å². The largest absolute Gasteiger partial charge is 0.360 e. The molecule has 0 saturated heterocycles. The van der Waals surface area contributed by atoms with E-state index < -0.39 is 0 Å². The third-order valence-electron chi connectivity index (χ3n) is 1.48. The maximum absolute atomic E-state index is 6.81. The first-order valence-electron chi connectivity index (χ1n) is 3.41. The summed E-state index contributed by atoms with van der Waals surface area (Å²) < 4.78 is 0. The highest BCUT2D eigenvalue weighted by atomic mass is 15.5. The van der Waals surface area contributed by atoms with Gasteiger partial charge < -0.3 is 5.32 Å². The Hall–Kier alpha value is -0.610. The Labute approximate surface area is 62.1 Å². The summed E-state index contributed by atoms with van der Waals surface area (Å²) >= 11 is 0. The van der Waals surface area contributed by atoms with Crippen molar-refractivity contribution in [1.82, 2.24) is 15.8 Å². The minimum absolute atomic E-state index is 0.211. The lowest BCUT2D eigenvalue weighted by Gasteiger charge is -2.25. The van der Waals surface area contributed by atoms with Crippen LogP contribution in [0.5, 0.6) is 0 Å². The van der Waals surface area contributed by atoms with Gasteiger partial charge in [-0.25, -0.2) is 5.01 Å². The van der Waals surface area contributed by atoms with Crippen molar-refractivity contribution in [1.29, 1.82) is 5.41 Å². The fourth-order valence-corrected chi connectivity index (χ4v) is 0.756. The Morgan fingerprint density at radius 1 is 1.70 bits per heavy atom. The van der Waals surface area contributed by atoms with Crippen LogP contribution in [0.4, 0.5) is 0 Å². The second kappa shape index (κ2) is 5.20. The van der Waals surface area contributed by atoms with Gasteiger partial charge >= 0.3 is 0 Å². The first-order chi connectivity index (χ1) is 4.76. The van der Waals surface area contributed by atoms with Crippen LogP contribution in [0.25, 0.3) is 0 Å². The van der Waals surface area contributed by atoms with E-state index in [2.05, 4.69) is 17.7 Å². The maximum Gasteiger partial charge on any atom is 0.0925 e. The summed E-state index contributed by atoms with van der Waals surface area (Å²) in [7, 11) is 3.79. The van der Waals surface area contributed by atoms with Crippen LogP contribution in [0.15, 0.2) is 0 Å². The molecule has 0 spiro atoms.